The first-order valence-electron chi connectivity index (χ1n) is 11.6. The molecular formula is C27H24ClN5O5S. The van der Waals surface area contributed by atoms with Gasteiger partial charge in [0.15, 0.2) is 22.5 Å². The zero-order chi connectivity index (χ0) is 27.8. The first-order valence-corrected chi connectivity index (χ1v) is 12.9. The third-order valence-electron chi connectivity index (χ3n) is 5.21. The first-order chi connectivity index (χ1) is 18.9. The highest BCUT2D eigenvalue weighted by atomic mass is 35.5. The molecule has 1 heterocycles. The third kappa shape index (κ3) is 6.95. The van der Waals surface area contributed by atoms with Gasteiger partial charge in [-0.25, -0.2) is 5.43 Å². The topological polar surface area (TPSA) is 117 Å². The highest BCUT2D eigenvalue weighted by molar-refractivity contribution is 7.99. The molecule has 0 saturated heterocycles. The summed E-state index contributed by atoms with van der Waals surface area (Å²) in [6, 6.07) is 20.1. The van der Waals surface area contributed by atoms with Gasteiger partial charge in [0.25, 0.3) is 5.91 Å². The number of carbonyl (C=O) groups is 2. The van der Waals surface area contributed by atoms with Gasteiger partial charge in [-0.1, -0.05) is 53.7 Å². The number of benzene rings is 3. The van der Waals surface area contributed by atoms with Gasteiger partial charge < -0.3 is 14.2 Å². The molecule has 10 nitrogen and oxygen atoms in total. The lowest BCUT2D eigenvalue weighted by Gasteiger charge is -2.13. The summed E-state index contributed by atoms with van der Waals surface area (Å²) in [5.74, 6) is 0.533. The Hall–Kier alpha value is -4.35. The number of methoxy groups -OCH3 is 2. The number of nitrogens with zero attached hydrogens (tertiary/aromatic N) is 4. The lowest BCUT2D eigenvalue weighted by molar-refractivity contribution is -0.132. The second-order valence-electron chi connectivity index (χ2n) is 7.91. The monoisotopic (exact) mass is 565 g/mol. The van der Waals surface area contributed by atoms with Gasteiger partial charge in [0, 0.05) is 28.8 Å². The Kier molecular flexibility index (Phi) is 9.18. The lowest BCUT2D eigenvalue weighted by Crippen LogP contribution is -2.20. The van der Waals surface area contributed by atoms with Crippen molar-refractivity contribution in [2.75, 3.05) is 20.0 Å². The Morgan fingerprint density at radius 2 is 1.69 bits per heavy atom. The smallest absolute Gasteiger partial charge is 0.308 e. The molecule has 0 atom stereocenters. The molecule has 3 aromatic carbocycles. The number of ether oxygens (including phenoxy) is 3. The van der Waals surface area contributed by atoms with Crippen LogP contribution in [0.15, 0.2) is 77.0 Å². The number of hydrogen-bond donors (Lipinski definition) is 1. The molecule has 0 unspecified atom stereocenters. The van der Waals surface area contributed by atoms with Crippen molar-refractivity contribution in [3.63, 3.8) is 0 Å². The summed E-state index contributed by atoms with van der Waals surface area (Å²) >= 11 is 7.30. The third-order valence-corrected chi connectivity index (χ3v) is 6.40. The maximum absolute atomic E-state index is 12.6. The van der Waals surface area contributed by atoms with Crippen molar-refractivity contribution in [3.05, 3.63) is 77.3 Å². The predicted molar refractivity (Wildman–Crippen MR) is 149 cm³/mol. The normalized spacial score (nSPS) is 10.9. The van der Waals surface area contributed by atoms with Crippen molar-refractivity contribution < 1.29 is 23.8 Å². The van der Waals surface area contributed by atoms with Crippen molar-refractivity contribution in [3.8, 4) is 34.3 Å². The van der Waals surface area contributed by atoms with E-state index in [1.54, 1.807) is 24.3 Å². The highest BCUT2D eigenvalue weighted by Crippen LogP contribution is 2.38. The molecule has 1 amide bonds. The standard InChI is InChI=1S/C27H24ClN5O5S/c1-17(34)38-25-22(36-2)13-18(14-23(25)37-3)15-29-30-24(35)16-39-27-32-31-26(19-7-5-4-6-8-19)33(27)21-11-9-20(28)10-12-21/h4-15H,16H2,1-3H3,(H,30,35). The van der Waals surface area contributed by atoms with Gasteiger partial charge in [0.1, 0.15) is 0 Å². The van der Waals surface area contributed by atoms with E-state index in [-0.39, 0.29) is 28.9 Å². The molecule has 4 aromatic rings. The number of hydrogen-bond acceptors (Lipinski definition) is 9. The lowest BCUT2D eigenvalue weighted by atomic mass is 10.2. The Bertz CT molecular complexity index is 1470. The van der Waals surface area contributed by atoms with E-state index in [0.29, 0.717) is 21.6 Å². The molecule has 200 valence electrons. The van der Waals surface area contributed by atoms with Gasteiger partial charge in [0.2, 0.25) is 5.75 Å². The fourth-order valence-corrected chi connectivity index (χ4v) is 4.39. The van der Waals surface area contributed by atoms with Crippen molar-refractivity contribution >= 4 is 41.5 Å². The average molecular weight is 566 g/mol. The molecule has 1 aromatic heterocycles. The maximum atomic E-state index is 12.6. The molecule has 0 bridgehead atoms. The second-order valence-corrected chi connectivity index (χ2v) is 9.29. The Balaban J connectivity index is 1.47. The van der Waals surface area contributed by atoms with Gasteiger partial charge in [-0.15, -0.1) is 10.2 Å². The minimum atomic E-state index is -0.513. The van der Waals surface area contributed by atoms with Crippen LogP contribution < -0.4 is 19.6 Å². The van der Waals surface area contributed by atoms with Gasteiger partial charge in [-0.3, -0.25) is 14.2 Å². The fraction of sp³-hybridized carbons (Fsp3) is 0.148. The number of aromatic nitrogens is 3. The molecule has 0 saturated carbocycles. The molecule has 39 heavy (non-hydrogen) atoms. The number of carbonyl (C=O) groups excluding carboxylic acids is 2. The van der Waals surface area contributed by atoms with Crippen LogP contribution >= 0.6 is 23.4 Å². The Morgan fingerprint density at radius 3 is 2.31 bits per heavy atom. The van der Waals surface area contributed by atoms with E-state index in [1.165, 1.54) is 39.1 Å². The van der Waals surface area contributed by atoms with E-state index in [4.69, 9.17) is 25.8 Å². The number of thioether (sulfide) groups is 1. The summed E-state index contributed by atoms with van der Waals surface area (Å²) < 4.78 is 17.7. The molecule has 0 fully saturated rings. The molecule has 0 aliphatic heterocycles. The van der Waals surface area contributed by atoms with E-state index in [0.717, 1.165) is 11.3 Å². The van der Waals surface area contributed by atoms with Crippen molar-refractivity contribution in [2.45, 2.75) is 12.1 Å². The molecule has 0 radical (unpaired) electrons. The summed E-state index contributed by atoms with van der Waals surface area (Å²) in [6.07, 6.45) is 1.43. The van der Waals surface area contributed by atoms with Crippen molar-refractivity contribution in [2.24, 2.45) is 5.10 Å². The average Bonchev–Trinajstić information content (AvgIpc) is 3.37. The van der Waals surface area contributed by atoms with Crippen LogP contribution in [0.4, 0.5) is 0 Å². The molecular weight excluding hydrogens is 542 g/mol. The second kappa shape index (κ2) is 12.9. The van der Waals surface area contributed by atoms with E-state index < -0.39 is 5.97 Å². The zero-order valence-electron chi connectivity index (χ0n) is 21.3. The first kappa shape index (κ1) is 27.7. The number of hydrazone groups is 1. The number of rotatable bonds is 10. The molecule has 0 aliphatic carbocycles. The van der Waals surface area contributed by atoms with Gasteiger partial charge in [-0.2, -0.15) is 5.10 Å². The Morgan fingerprint density at radius 1 is 1.03 bits per heavy atom. The van der Waals surface area contributed by atoms with Crippen LogP contribution in [-0.4, -0.2) is 52.8 Å². The van der Waals surface area contributed by atoms with E-state index in [9.17, 15) is 9.59 Å². The summed E-state index contributed by atoms with van der Waals surface area (Å²) in [5, 5.41) is 13.8. The van der Waals surface area contributed by atoms with Crippen LogP contribution in [0.1, 0.15) is 12.5 Å². The van der Waals surface area contributed by atoms with Gasteiger partial charge in [0.05, 0.1) is 26.2 Å². The summed E-state index contributed by atoms with van der Waals surface area (Å²) in [4.78, 5) is 24.0. The number of nitrogens with one attached hydrogen (secondary N) is 1. The van der Waals surface area contributed by atoms with Crippen LogP contribution in [0.25, 0.3) is 17.1 Å². The zero-order valence-corrected chi connectivity index (χ0v) is 22.8. The number of esters is 1. The van der Waals surface area contributed by atoms with E-state index in [1.807, 2.05) is 47.0 Å². The minimum absolute atomic E-state index is 0.0376. The summed E-state index contributed by atoms with van der Waals surface area (Å²) in [7, 11) is 2.88. The quantitative estimate of drug-likeness (QED) is 0.0960. The van der Waals surface area contributed by atoms with Gasteiger partial charge in [-0.05, 0) is 36.4 Å². The number of halogens is 1. The molecule has 12 heteroatoms. The van der Waals surface area contributed by atoms with Crippen LogP contribution in [0.2, 0.25) is 5.02 Å². The van der Waals surface area contributed by atoms with Crippen LogP contribution in [0, 0.1) is 0 Å². The van der Waals surface area contributed by atoms with Crippen molar-refractivity contribution in [1.29, 1.82) is 0 Å². The van der Waals surface area contributed by atoms with Crippen molar-refractivity contribution in [1.82, 2.24) is 20.2 Å². The van der Waals surface area contributed by atoms with Gasteiger partial charge >= 0.3 is 5.97 Å². The fourth-order valence-electron chi connectivity index (χ4n) is 3.52. The SMILES string of the molecule is COc1cc(C=NNC(=O)CSc2nnc(-c3ccccc3)n2-c2ccc(Cl)cc2)cc(OC)c1OC(C)=O. The largest absolute Gasteiger partial charge is 0.493 e. The highest BCUT2D eigenvalue weighted by Gasteiger charge is 2.18. The van der Waals surface area contributed by atoms with Crippen LogP contribution in [0.5, 0.6) is 17.2 Å². The van der Waals surface area contributed by atoms with E-state index >= 15 is 0 Å². The molecule has 1 N–H and O–H groups in total. The number of amides is 1. The van der Waals surface area contributed by atoms with Crippen LogP contribution in [0.3, 0.4) is 0 Å². The van der Waals surface area contributed by atoms with Crippen LogP contribution in [-0.2, 0) is 9.59 Å². The summed E-state index contributed by atoms with van der Waals surface area (Å²) in [5.41, 5.74) is 4.74. The molecule has 4 rings (SSSR count). The Labute approximate surface area is 233 Å². The molecule has 0 aliphatic rings. The minimum Gasteiger partial charge on any atom is -0.493 e. The predicted octanol–water partition coefficient (Wildman–Crippen LogP) is 4.77. The summed E-state index contributed by atoms with van der Waals surface area (Å²) in [6.45, 7) is 1.28. The van der Waals surface area contributed by atoms with E-state index in [2.05, 4.69) is 20.7 Å². The molecule has 0 spiro atoms. The maximum Gasteiger partial charge on any atom is 0.308 e.